The molecular weight excluding hydrogens is 102 g/mol. The van der Waals surface area contributed by atoms with Gasteiger partial charge in [-0.1, -0.05) is 20.3 Å². The van der Waals surface area contributed by atoms with Crippen LogP contribution in [0.1, 0.15) is 26.7 Å². The van der Waals surface area contributed by atoms with Gasteiger partial charge in [-0.2, -0.15) is 0 Å². The number of hydrogen-bond donors (Lipinski definition) is 1. The van der Waals surface area contributed by atoms with Gasteiger partial charge >= 0.3 is 0 Å². The Kier molecular flexibility index (Phi) is 21.3. The highest BCUT2D eigenvalue weighted by Gasteiger charge is 1.71. The van der Waals surface area contributed by atoms with Crippen LogP contribution in [0.5, 0.6) is 0 Å². The summed E-state index contributed by atoms with van der Waals surface area (Å²) in [7, 11) is 0. The molecule has 0 aromatic carbocycles. The Balaban J connectivity index is 0. The van der Waals surface area contributed by atoms with Gasteiger partial charge in [0.15, 0.2) is 0 Å². The molecular formula is C6H17NO. The molecule has 0 saturated carbocycles. The van der Waals surface area contributed by atoms with Crippen molar-refractivity contribution in [1.82, 2.24) is 0 Å². The first-order valence-electron chi connectivity index (χ1n) is 3.20. The quantitative estimate of drug-likeness (QED) is 0.518. The van der Waals surface area contributed by atoms with Gasteiger partial charge in [0.05, 0.1) is 6.54 Å². The second kappa shape index (κ2) is 15.8. The Morgan fingerprint density at radius 1 is 1.38 bits per heavy atom. The van der Waals surface area contributed by atoms with Crippen molar-refractivity contribution in [3.8, 4) is 0 Å². The van der Waals surface area contributed by atoms with E-state index >= 15 is 0 Å². The molecule has 0 bridgehead atoms. The molecule has 0 saturated heterocycles. The fourth-order valence-electron chi connectivity index (χ4n) is 0.250. The van der Waals surface area contributed by atoms with E-state index in [2.05, 4.69) is 12.7 Å². The summed E-state index contributed by atoms with van der Waals surface area (Å²) in [6.45, 7) is 4.84. The van der Waals surface area contributed by atoms with Crippen LogP contribution in [0, 0.1) is 0 Å². The molecule has 0 rings (SSSR count). The van der Waals surface area contributed by atoms with Crippen molar-refractivity contribution in [3.63, 3.8) is 0 Å². The molecule has 0 amide bonds. The van der Waals surface area contributed by atoms with E-state index in [-0.39, 0.29) is 6.61 Å². The topological polar surface area (TPSA) is 50.7 Å². The molecule has 0 heterocycles. The molecule has 0 atom stereocenters. The molecule has 0 aliphatic heterocycles. The van der Waals surface area contributed by atoms with Crippen LogP contribution in [-0.4, -0.2) is 13.2 Å². The summed E-state index contributed by atoms with van der Waals surface area (Å²) in [6.07, 6.45) is 2.56. The third-order valence-corrected chi connectivity index (χ3v) is 0.604. The van der Waals surface area contributed by atoms with Gasteiger partial charge < -0.3 is 10.8 Å². The third kappa shape index (κ3) is 38.9. The van der Waals surface area contributed by atoms with Gasteiger partial charge in [-0.25, -0.2) is 0 Å². The first-order chi connectivity index (χ1) is 3.83. The van der Waals surface area contributed by atoms with Gasteiger partial charge in [-0.15, -0.1) is 6.61 Å². The van der Waals surface area contributed by atoms with Crippen LogP contribution in [-0.2, 0) is 0 Å². The van der Waals surface area contributed by atoms with Crippen LogP contribution in [0.4, 0.5) is 0 Å². The van der Waals surface area contributed by atoms with Crippen molar-refractivity contribution in [2.24, 2.45) is 0 Å². The Morgan fingerprint density at radius 3 is 1.75 bits per heavy atom. The molecule has 0 aromatic rings. The molecule has 0 aliphatic carbocycles. The summed E-state index contributed by atoms with van der Waals surface area (Å²) >= 11 is 0. The zero-order chi connectivity index (χ0) is 6.83. The summed E-state index contributed by atoms with van der Waals surface area (Å²) in [4.78, 5) is 0. The van der Waals surface area contributed by atoms with E-state index < -0.39 is 0 Å². The van der Waals surface area contributed by atoms with E-state index in [9.17, 15) is 0 Å². The summed E-state index contributed by atoms with van der Waals surface area (Å²) in [6, 6.07) is 0. The van der Waals surface area contributed by atoms with Crippen LogP contribution >= 0.6 is 0 Å². The summed E-state index contributed by atoms with van der Waals surface area (Å²) in [5.74, 6) is 0. The maximum absolute atomic E-state index is 8.93. The molecule has 3 N–H and O–H groups in total. The van der Waals surface area contributed by atoms with Crippen molar-refractivity contribution >= 4 is 0 Å². The molecule has 2 heteroatoms. The second-order valence-corrected chi connectivity index (χ2v) is 1.50. The van der Waals surface area contributed by atoms with Crippen LogP contribution in [0.3, 0.4) is 0 Å². The number of unbranched alkanes of at least 4 members (excludes halogenated alkanes) is 1. The molecule has 0 aliphatic rings. The Hall–Kier alpha value is -0.0800. The van der Waals surface area contributed by atoms with Gasteiger partial charge in [-0.3, -0.25) is 0 Å². The number of quaternary nitrogens is 1. The standard InChI is InChI=1S/C4H11N.C2H5O/c1-2-3-4-5;1-2-3/h2-5H2,1H3;2H2,1H3/q;-1/p+1. The second-order valence-electron chi connectivity index (χ2n) is 1.50. The van der Waals surface area contributed by atoms with Crippen LogP contribution in [0.25, 0.3) is 0 Å². The van der Waals surface area contributed by atoms with Gasteiger partial charge in [0, 0.05) is 0 Å². The molecule has 0 unspecified atom stereocenters. The first kappa shape index (κ1) is 10.8. The average molecular weight is 119 g/mol. The molecule has 0 aromatic heterocycles. The minimum absolute atomic E-state index is 0. The van der Waals surface area contributed by atoms with Crippen LogP contribution < -0.4 is 10.8 Å². The van der Waals surface area contributed by atoms with E-state index in [1.807, 2.05) is 0 Å². The van der Waals surface area contributed by atoms with E-state index in [1.165, 1.54) is 12.8 Å². The SMILES string of the molecule is CCCC[NH3+].CC[O-]. The lowest BCUT2D eigenvalue weighted by atomic mass is 10.3. The normalized spacial score (nSPS) is 7.50. The lowest BCUT2D eigenvalue weighted by Crippen LogP contribution is -2.49. The Bertz CT molecular complexity index is 22.5. The number of hydrogen-bond acceptors (Lipinski definition) is 1. The predicted octanol–water partition coefficient (Wildman–Crippen LogP) is -0.605. The van der Waals surface area contributed by atoms with E-state index in [0.717, 1.165) is 6.54 Å². The highest BCUT2D eigenvalue weighted by molar-refractivity contribution is 4.21. The van der Waals surface area contributed by atoms with Crippen molar-refractivity contribution in [2.45, 2.75) is 26.7 Å². The smallest absolute Gasteiger partial charge is 0.0739 e. The highest BCUT2D eigenvalue weighted by atomic mass is 16.2. The highest BCUT2D eigenvalue weighted by Crippen LogP contribution is 1.75. The lowest BCUT2D eigenvalue weighted by Gasteiger charge is -1.79. The maximum Gasteiger partial charge on any atom is 0.0739 e. The monoisotopic (exact) mass is 119 g/mol. The van der Waals surface area contributed by atoms with Gasteiger partial charge in [0.25, 0.3) is 0 Å². The fourth-order valence-corrected chi connectivity index (χ4v) is 0.250. The fraction of sp³-hybridized carbons (Fsp3) is 1.00. The third-order valence-electron chi connectivity index (χ3n) is 0.604. The van der Waals surface area contributed by atoms with Gasteiger partial charge in [0.1, 0.15) is 0 Å². The molecule has 2 nitrogen and oxygen atoms in total. The molecule has 0 spiro atoms. The van der Waals surface area contributed by atoms with Gasteiger partial charge in [-0.05, 0) is 6.42 Å². The van der Waals surface area contributed by atoms with E-state index in [1.54, 1.807) is 6.92 Å². The van der Waals surface area contributed by atoms with Gasteiger partial charge in [0.2, 0.25) is 0 Å². The molecule has 0 radical (unpaired) electrons. The first-order valence-corrected chi connectivity index (χ1v) is 3.20. The molecule has 0 fully saturated rings. The number of rotatable bonds is 2. The molecule has 8 heavy (non-hydrogen) atoms. The minimum atomic E-state index is 0. The summed E-state index contributed by atoms with van der Waals surface area (Å²) < 4.78 is 0. The van der Waals surface area contributed by atoms with E-state index in [0.29, 0.717) is 0 Å². The minimum Gasteiger partial charge on any atom is -0.855 e. The average Bonchev–Trinajstić information content (AvgIpc) is 1.71. The van der Waals surface area contributed by atoms with Crippen LogP contribution in [0.15, 0.2) is 0 Å². The Labute approximate surface area is 51.7 Å². The lowest BCUT2D eigenvalue weighted by molar-refractivity contribution is -0.368. The zero-order valence-electron chi connectivity index (χ0n) is 5.94. The maximum atomic E-state index is 8.93. The Morgan fingerprint density at radius 2 is 1.75 bits per heavy atom. The summed E-state index contributed by atoms with van der Waals surface area (Å²) in [5.41, 5.74) is 3.68. The van der Waals surface area contributed by atoms with E-state index in [4.69, 9.17) is 5.11 Å². The van der Waals surface area contributed by atoms with Crippen molar-refractivity contribution in [3.05, 3.63) is 0 Å². The largest absolute Gasteiger partial charge is 0.855 e. The summed E-state index contributed by atoms with van der Waals surface area (Å²) in [5, 5.41) is 8.93. The zero-order valence-corrected chi connectivity index (χ0v) is 5.94. The van der Waals surface area contributed by atoms with Crippen molar-refractivity contribution in [1.29, 1.82) is 0 Å². The van der Waals surface area contributed by atoms with Crippen molar-refractivity contribution in [2.75, 3.05) is 13.2 Å². The van der Waals surface area contributed by atoms with Crippen LogP contribution in [0.2, 0.25) is 0 Å². The molecule has 52 valence electrons. The predicted molar refractivity (Wildman–Crippen MR) is 33.2 cm³/mol. The van der Waals surface area contributed by atoms with Crippen molar-refractivity contribution < 1.29 is 10.8 Å².